The van der Waals surface area contributed by atoms with Crippen molar-refractivity contribution in [2.75, 3.05) is 26.2 Å². The summed E-state index contributed by atoms with van der Waals surface area (Å²) >= 11 is 0. The van der Waals surface area contributed by atoms with E-state index >= 15 is 0 Å². The molecule has 176 valence electrons. The second-order valence-corrected chi connectivity index (χ2v) is 10.1. The standard InChI is InChI=1S/C34H30N2/c1-5-13-29-25(9-1)21-26-10-2-6-14-30(26)33(29)23-35-17-19-36(20-18-35)24-34-31-15-7-3-11-27(31)22-28-12-4-8-16-32(28)34/h1-16,21-22H,17-20,23-24H2. The smallest absolute Gasteiger partial charge is 0.0247 e. The van der Waals surface area contributed by atoms with Crippen LogP contribution < -0.4 is 0 Å². The zero-order valence-corrected chi connectivity index (χ0v) is 20.5. The first-order valence-corrected chi connectivity index (χ1v) is 13.1. The van der Waals surface area contributed by atoms with Crippen LogP contribution in [0.4, 0.5) is 0 Å². The van der Waals surface area contributed by atoms with Gasteiger partial charge in [-0.15, -0.1) is 0 Å². The molecule has 0 radical (unpaired) electrons. The first-order valence-electron chi connectivity index (χ1n) is 13.1. The molecule has 36 heavy (non-hydrogen) atoms. The third kappa shape index (κ3) is 3.83. The fraction of sp³-hybridized carbons (Fsp3) is 0.176. The van der Waals surface area contributed by atoms with E-state index in [1.807, 2.05) is 0 Å². The molecule has 0 bridgehead atoms. The number of piperazine rings is 1. The van der Waals surface area contributed by atoms with E-state index in [-0.39, 0.29) is 0 Å². The quantitative estimate of drug-likeness (QED) is 0.247. The van der Waals surface area contributed by atoms with E-state index in [1.165, 1.54) is 54.2 Å². The van der Waals surface area contributed by atoms with E-state index in [0.717, 1.165) is 39.3 Å². The fourth-order valence-electron chi connectivity index (χ4n) is 6.11. The summed E-state index contributed by atoms with van der Waals surface area (Å²) in [5, 5.41) is 10.9. The summed E-state index contributed by atoms with van der Waals surface area (Å²) in [6.45, 7) is 6.40. The van der Waals surface area contributed by atoms with Crippen LogP contribution >= 0.6 is 0 Å². The number of hydrogen-bond donors (Lipinski definition) is 0. The van der Waals surface area contributed by atoms with Crippen molar-refractivity contribution in [3.8, 4) is 0 Å². The maximum atomic E-state index is 2.64. The van der Waals surface area contributed by atoms with Crippen LogP contribution in [-0.2, 0) is 13.1 Å². The highest BCUT2D eigenvalue weighted by Gasteiger charge is 2.20. The minimum atomic E-state index is 1.01. The Morgan fingerprint density at radius 3 is 0.972 bits per heavy atom. The number of hydrogen-bond acceptors (Lipinski definition) is 2. The van der Waals surface area contributed by atoms with Crippen molar-refractivity contribution in [1.82, 2.24) is 9.80 Å². The molecular weight excluding hydrogens is 436 g/mol. The molecule has 0 atom stereocenters. The number of fused-ring (bicyclic) bond motifs is 4. The molecular formula is C34H30N2. The van der Waals surface area contributed by atoms with Gasteiger partial charge in [0.25, 0.3) is 0 Å². The molecule has 7 rings (SSSR count). The van der Waals surface area contributed by atoms with Crippen molar-refractivity contribution < 1.29 is 0 Å². The van der Waals surface area contributed by atoms with E-state index in [1.54, 1.807) is 0 Å². The van der Waals surface area contributed by atoms with Crippen molar-refractivity contribution in [3.63, 3.8) is 0 Å². The predicted octanol–water partition coefficient (Wildman–Crippen LogP) is 7.62. The highest BCUT2D eigenvalue weighted by atomic mass is 15.3. The average molecular weight is 467 g/mol. The van der Waals surface area contributed by atoms with Crippen LogP contribution in [0.3, 0.4) is 0 Å². The van der Waals surface area contributed by atoms with Gasteiger partial charge in [-0.25, -0.2) is 0 Å². The maximum Gasteiger partial charge on any atom is 0.0247 e. The Kier molecular flexibility index (Phi) is 5.42. The van der Waals surface area contributed by atoms with Gasteiger partial charge in [-0.2, -0.15) is 0 Å². The molecule has 1 saturated heterocycles. The lowest BCUT2D eigenvalue weighted by molar-refractivity contribution is 0.123. The van der Waals surface area contributed by atoms with Gasteiger partial charge in [-0.05, 0) is 66.3 Å². The largest absolute Gasteiger partial charge is 0.296 e. The molecule has 0 amide bonds. The Hall–Kier alpha value is -3.72. The third-order valence-electron chi connectivity index (χ3n) is 7.99. The van der Waals surface area contributed by atoms with Gasteiger partial charge in [0.15, 0.2) is 0 Å². The van der Waals surface area contributed by atoms with Gasteiger partial charge in [0.05, 0.1) is 0 Å². The van der Waals surface area contributed by atoms with Gasteiger partial charge in [0.1, 0.15) is 0 Å². The lowest BCUT2D eigenvalue weighted by atomic mass is 9.96. The summed E-state index contributed by atoms with van der Waals surface area (Å²) in [4.78, 5) is 5.29. The zero-order chi connectivity index (χ0) is 23.9. The molecule has 0 aromatic heterocycles. The van der Waals surface area contributed by atoms with Crippen LogP contribution in [0.5, 0.6) is 0 Å². The highest BCUT2D eigenvalue weighted by molar-refractivity contribution is 6.03. The van der Waals surface area contributed by atoms with Gasteiger partial charge in [-0.3, -0.25) is 9.80 Å². The van der Waals surface area contributed by atoms with Crippen LogP contribution in [0.1, 0.15) is 11.1 Å². The Bertz CT molecular complexity index is 1470. The van der Waals surface area contributed by atoms with E-state index in [9.17, 15) is 0 Å². The van der Waals surface area contributed by atoms with Crippen LogP contribution in [-0.4, -0.2) is 36.0 Å². The Balaban J connectivity index is 1.15. The zero-order valence-electron chi connectivity index (χ0n) is 20.5. The molecule has 1 fully saturated rings. The van der Waals surface area contributed by atoms with E-state index in [0.29, 0.717) is 0 Å². The molecule has 0 unspecified atom stereocenters. The lowest BCUT2D eigenvalue weighted by Gasteiger charge is -2.35. The third-order valence-corrected chi connectivity index (χ3v) is 7.99. The van der Waals surface area contributed by atoms with Gasteiger partial charge < -0.3 is 0 Å². The molecule has 1 heterocycles. The van der Waals surface area contributed by atoms with Gasteiger partial charge >= 0.3 is 0 Å². The van der Waals surface area contributed by atoms with Crippen molar-refractivity contribution in [2.45, 2.75) is 13.1 Å². The minimum Gasteiger partial charge on any atom is -0.296 e. The number of rotatable bonds is 4. The SMILES string of the molecule is c1ccc2c(CN3CCN(Cc4c5ccccc5cc5ccccc45)CC3)c3ccccc3cc2c1. The summed E-state index contributed by atoms with van der Waals surface area (Å²) in [6, 6.07) is 40.1. The molecule has 1 aliphatic rings. The van der Waals surface area contributed by atoms with E-state index < -0.39 is 0 Å². The molecule has 2 heteroatoms. The molecule has 1 aliphatic heterocycles. The van der Waals surface area contributed by atoms with Crippen LogP contribution in [0, 0.1) is 0 Å². The Morgan fingerprint density at radius 2 is 0.667 bits per heavy atom. The van der Waals surface area contributed by atoms with Crippen molar-refractivity contribution in [3.05, 3.63) is 120 Å². The van der Waals surface area contributed by atoms with Crippen molar-refractivity contribution >= 4 is 43.1 Å². The molecule has 0 saturated carbocycles. The topological polar surface area (TPSA) is 6.48 Å². The van der Waals surface area contributed by atoms with Crippen molar-refractivity contribution in [2.24, 2.45) is 0 Å². The lowest BCUT2D eigenvalue weighted by Crippen LogP contribution is -2.45. The first kappa shape index (κ1) is 21.6. The van der Waals surface area contributed by atoms with Gasteiger partial charge in [0.2, 0.25) is 0 Å². The highest BCUT2D eigenvalue weighted by Crippen LogP contribution is 2.31. The van der Waals surface area contributed by atoms with Gasteiger partial charge in [-0.1, -0.05) is 97.1 Å². The van der Waals surface area contributed by atoms with Crippen molar-refractivity contribution in [1.29, 1.82) is 0 Å². The Labute approximate surface area is 212 Å². The Morgan fingerprint density at radius 1 is 0.389 bits per heavy atom. The molecule has 0 spiro atoms. The summed E-state index contributed by atoms with van der Waals surface area (Å²) in [6.07, 6.45) is 0. The molecule has 0 N–H and O–H groups in total. The van der Waals surface area contributed by atoms with Crippen LogP contribution in [0.15, 0.2) is 109 Å². The minimum absolute atomic E-state index is 1.01. The fourth-order valence-corrected chi connectivity index (χ4v) is 6.11. The van der Waals surface area contributed by atoms with Crippen LogP contribution in [0.25, 0.3) is 43.1 Å². The van der Waals surface area contributed by atoms with Gasteiger partial charge in [0, 0.05) is 39.3 Å². The molecule has 0 aliphatic carbocycles. The number of benzene rings is 6. The first-order chi connectivity index (χ1) is 17.8. The molecule has 6 aromatic carbocycles. The normalized spacial score (nSPS) is 15.3. The summed E-state index contributed by atoms with van der Waals surface area (Å²) in [5.41, 5.74) is 2.94. The maximum absolute atomic E-state index is 2.64. The molecule has 2 nitrogen and oxygen atoms in total. The summed E-state index contributed by atoms with van der Waals surface area (Å²) < 4.78 is 0. The summed E-state index contributed by atoms with van der Waals surface area (Å²) in [7, 11) is 0. The molecule has 6 aromatic rings. The van der Waals surface area contributed by atoms with E-state index in [4.69, 9.17) is 0 Å². The monoisotopic (exact) mass is 466 g/mol. The second-order valence-electron chi connectivity index (χ2n) is 10.1. The number of nitrogens with zero attached hydrogens (tertiary/aromatic N) is 2. The summed E-state index contributed by atoms with van der Waals surface area (Å²) in [5.74, 6) is 0. The predicted molar refractivity (Wildman–Crippen MR) is 153 cm³/mol. The second kappa shape index (κ2) is 9.05. The van der Waals surface area contributed by atoms with E-state index in [2.05, 4.69) is 119 Å². The van der Waals surface area contributed by atoms with Crippen LogP contribution in [0.2, 0.25) is 0 Å². The average Bonchev–Trinajstić information content (AvgIpc) is 2.94.